The molecule has 4 atom stereocenters. The molecule has 36 heavy (non-hydrogen) atoms. The van der Waals surface area contributed by atoms with Crippen molar-refractivity contribution in [1.82, 2.24) is 5.32 Å². The third-order valence-corrected chi connectivity index (χ3v) is 8.37. The van der Waals surface area contributed by atoms with Gasteiger partial charge in [0.05, 0.1) is 5.02 Å². The molecular weight excluding hydrogens is 490 g/mol. The molecule has 0 saturated heterocycles. The van der Waals surface area contributed by atoms with Gasteiger partial charge in [0.1, 0.15) is 5.54 Å². The molecule has 6 nitrogen and oxygen atoms in total. The number of nitrogens with one attached hydrogen (secondary N) is 2. The van der Waals surface area contributed by atoms with Crippen LogP contribution in [-0.2, 0) is 9.59 Å². The van der Waals surface area contributed by atoms with E-state index in [1.54, 1.807) is 0 Å². The fourth-order valence-electron chi connectivity index (χ4n) is 6.15. The Morgan fingerprint density at radius 2 is 1.75 bits per heavy atom. The van der Waals surface area contributed by atoms with Gasteiger partial charge in [-0.25, -0.2) is 8.78 Å². The first-order chi connectivity index (χ1) is 17.2. The minimum absolute atomic E-state index is 0.0539. The van der Waals surface area contributed by atoms with Gasteiger partial charge in [-0.2, -0.15) is 0 Å². The first-order valence-corrected chi connectivity index (χ1v) is 12.7. The zero-order valence-corrected chi connectivity index (χ0v) is 20.3. The number of fused-ring (bicyclic) bond motifs is 2. The van der Waals surface area contributed by atoms with Crippen LogP contribution in [0.4, 0.5) is 14.5 Å². The summed E-state index contributed by atoms with van der Waals surface area (Å²) in [6.07, 6.45) is 4.44. The van der Waals surface area contributed by atoms with Gasteiger partial charge < -0.3 is 10.4 Å². The maximum atomic E-state index is 13.9. The Hall–Kier alpha value is -2.84. The molecular formula is C27H27ClF2N2O4. The number of rotatable bonds is 8. The average molecular weight is 517 g/mol. The van der Waals surface area contributed by atoms with Crippen LogP contribution in [0.5, 0.6) is 0 Å². The summed E-state index contributed by atoms with van der Waals surface area (Å²) in [5, 5.41) is 17.2. The second kappa shape index (κ2) is 9.56. The lowest BCUT2D eigenvalue weighted by Gasteiger charge is -2.49. The van der Waals surface area contributed by atoms with Gasteiger partial charge in [0, 0.05) is 35.7 Å². The zero-order chi connectivity index (χ0) is 25.6. The highest BCUT2D eigenvalue weighted by Gasteiger charge is 2.57. The van der Waals surface area contributed by atoms with Gasteiger partial charge >= 0.3 is 5.97 Å². The van der Waals surface area contributed by atoms with E-state index in [4.69, 9.17) is 11.6 Å². The van der Waals surface area contributed by atoms with Crippen molar-refractivity contribution in [2.24, 2.45) is 5.92 Å². The number of carboxylic acids is 1. The van der Waals surface area contributed by atoms with E-state index in [1.165, 1.54) is 0 Å². The van der Waals surface area contributed by atoms with E-state index in [9.17, 15) is 28.3 Å². The number of carbonyl (C=O) groups excluding carboxylic acids is 2. The highest BCUT2D eigenvalue weighted by atomic mass is 35.5. The van der Waals surface area contributed by atoms with Crippen molar-refractivity contribution in [1.29, 1.82) is 0 Å². The van der Waals surface area contributed by atoms with Crippen LogP contribution < -0.4 is 10.6 Å². The summed E-state index contributed by atoms with van der Waals surface area (Å²) in [5.41, 5.74) is -0.614. The molecule has 9 heteroatoms. The Kier molecular flexibility index (Phi) is 6.59. The van der Waals surface area contributed by atoms with Crippen LogP contribution in [0.15, 0.2) is 36.4 Å². The molecule has 0 radical (unpaired) electrons. The summed E-state index contributed by atoms with van der Waals surface area (Å²) in [6.45, 7) is 0. The number of Topliss-reactive ketones (excluding diaryl/α,β-unsaturated/α-hetero) is 2. The second-order valence-electron chi connectivity index (χ2n) is 10.1. The van der Waals surface area contributed by atoms with Crippen molar-refractivity contribution in [3.05, 3.63) is 64.2 Å². The molecule has 0 spiro atoms. The molecule has 2 fully saturated rings. The predicted octanol–water partition coefficient (Wildman–Crippen LogP) is 5.10. The third-order valence-electron chi connectivity index (χ3n) is 8.06. The molecule has 2 aromatic rings. The molecule has 5 rings (SSSR count). The molecule has 0 bridgehead atoms. The Morgan fingerprint density at radius 1 is 1.06 bits per heavy atom. The number of hydrogen-bond donors (Lipinski definition) is 3. The van der Waals surface area contributed by atoms with E-state index in [0.717, 1.165) is 49.8 Å². The van der Waals surface area contributed by atoms with Crippen LogP contribution in [0.1, 0.15) is 66.8 Å². The summed E-state index contributed by atoms with van der Waals surface area (Å²) in [7, 11) is 0. The van der Waals surface area contributed by atoms with E-state index < -0.39 is 57.6 Å². The van der Waals surface area contributed by atoms with E-state index in [-0.39, 0.29) is 18.0 Å². The lowest BCUT2D eigenvalue weighted by Crippen LogP contribution is -2.64. The average Bonchev–Trinajstić information content (AvgIpc) is 3.28. The monoisotopic (exact) mass is 516 g/mol. The van der Waals surface area contributed by atoms with Gasteiger partial charge in [0.25, 0.3) is 0 Å². The van der Waals surface area contributed by atoms with Gasteiger partial charge in [0.2, 0.25) is 11.6 Å². The molecule has 1 heterocycles. The largest absolute Gasteiger partial charge is 0.480 e. The number of hydrogen-bond acceptors (Lipinski definition) is 5. The van der Waals surface area contributed by atoms with Crippen molar-refractivity contribution in [3.63, 3.8) is 0 Å². The van der Waals surface area contributed by atoms with Crippen molar-refractivity contribution in [2.45, 2.75) is 68.5 Å². The van der Waals surface area contributed by atoms with E-state index in [1.807, 2.05) is 24.3 Å². The van der Waals surface area contributed by atoms with Crippen molar-refractivity contribution < 1.29 is 28.3 Å². The van der Waals surface area contributed by atoms with Crippen molar-refractivity contribution in [2.75, 3.05) is 5.32 Å². The molecule has 2 unspecified atom stereocenters. The number of para-hydroxylation sites is 1. The first kappa shape index (κ1) is 24.8. The second-order valence-corrected chi connectivity index (χ2v) is 10.5. The van der Waals surface area contributed by atoms with E-state index >= 15 is 0 Å². The van der Waals surface area contributed by atoms with Crippen LogP contribution in [0.25, 0.3) is 0 Å². The van der Waals surface area contributed by atoms with Gasteiger partial charge in [0.15, 0.2) is 11.6 Å². The standard InChI is InChI=1S/C27H27ClF2N2O4/c28-18-12-20(30)19(29)11-17(18)25(34)23(33)13-27(26(35)36,32-14-5-3-6-14)24-15-7-1-2-9-21(15)31-22-10-4-8-16(22)24/h1-2,7,9,11-12,14,16,22,24,31-32H,3-6,8,10,13H2,(H,35,36)/t16-,22+,24?,27?/m0/s1. The van der Waals surface area contributed by atoms with E-state index in [0.29, 0.717) is 12.1 Å². The fraction of sp³-hybridized carbons (Fsp3) is 0.444. The summed E-state index contributed by atoms with van der Waals surface area (Å²) in [5.74, 6) is -6.54. The highest BCUT2D eigenvalue weighted by molar-refractivity contribution is 6.48. The molecule has 190 valence electrons. The summed E-state index contributed by atoms with van der Waals surface area (Å²) in [4.78, 5) is 39.7. The number of halogens is 3. The number of aliphatic carboxylic acids is 1. The van der Waals surface area contributed by atoms with Crippen LogP contribution in [0.3, 0.4) is 0 Å². The topological polar surface area (TPSA) is 95.5 Å². The Balaban J connectivity index is 1.58. The van der Waals surface area contributed by atoms with Crippen LogP contribution >= 0.6 is 11.6 Å². The van der Waals surface area contributed by atoms with Crippen molar-refractivity contribution in [3.8, 4) is 0 Å². The summed E-state index contributed by atoms with van der Waals surface area (Å²) in [6, 6.07) is 8.68. The lowest BCUT2D eigenvalue weighted by atomic mass is 9.64. The van der Waals surface area contributed by atoms with Gasteiger partial charge in [-0.15, -0.1) is 0 Å². The molecule has 2 saturated carbocycles. The Bertz CT molecular complexity index is 1230. The number of carboxylic acid groups (broad SMARTS) is 1. The highest BCUT2D eigenvalue weighted by Crippen LogP contribution is 2.52. The van der Waals surface area contributed by atoms with Gasteiger partial charge in [-0.1, -0.05) is 42.6 Å². The minimum atomic E-state index is -1.76. The fourth-order valence-corrected chi connectivity index (χ4v) is 6.38. The maximum absolute atomic E-state index is 13.9. The van der Waals surface area contributed by atoms with Crippen LogP contribution in [-0.4, -0.2) is 40.3 Å². The van der Waals surface area contributed by atoms with Crippen LogP contribution in [0.2, 0.25) is 5.02 Å². The maximum Gasteiger partial charge on any atom is 0.325 e. The summed E-state index contributed by atoms with van der Waals surface area (Å²) >= 11 is 5.96. The number of ketones is 2. The predicted molar refractivity (Wildman–Crippen MR) is 130 cm³/mol. The van der Waals surface area contributed by atoms with Crippen LogP contribution in [0, 0.1) is 17.6 Å². The summed E-state index contributed by atoms with van der Waals surface area (Å²) < 4.78 is 27.4. The Labute approximate surface area is 212 Å². The molecule has 3 aliphatic rings. The lowest BCUT2D eigenvalue weighted by molar-refractivity contribution is -0.149. The first-order valence-electron chi connectivity index (χ1n) is 12.3. The zero-order valence-electron chi connectivity index (χ0n) is 19.5. The van der Waals surface area contributed by atoms with Crippen molar-refractivity contribution >= 4 is 34.8 Å². The van der Waals surface area contributed by atoms with E-state index in [2.05, 4.69) is 10.6 Å². The number of benzene rings is 2. The molecule has 2 aliphatic carbocycles. The quantitative estimate of drug-likeness (QED) is 0.256. The Morgan fingerprint density at radius 3 is 2.44 bits per heavy atom. The molecule has 2 aromatic carbocycles. The number of anilines is 1. The molecule has 3 N–H and O–H groups in total. The molecule has 1 aliphatic heterocycles. The van der Waals surface area contributed by atoms with Gasteiger partial charge in [-0.3, -0.25) is 19.7 Å². The normalized spacial score (nSPS) is 24.6. The third kappa shape index (κ3) is 4.20. The number of carbonyl (C=O) groups is 3. The SMILES string of the molecule is O=C(CC(NC1CCC1)(C(=O)O)C1c2ccccc2N[C@@H]2CCC[C@H]12)C(=O)c1cc(F)c(F)cc1Cl. The molecule has 0 aromatic heterocycles. The van der Waals surface area contributed by atoms with Gasteiger partial charge in [-0.05, 0) is 55.4 Å². The smallest absolute Gasteiger partial charge is 0.325 e. The minimum Gasteiger partial charge on any atom is -0.480 e. The molecule has 0 amide bonds.